The predicted octanol–water partition coefficient (Wildman–Crippen LogP) is 4.31. The highest BCUT2D eigenvalue weighted by Gasteiger charge is 2.13. The quantitative estimate of drug-likeness (QED) is 0.452. The summed E-state index contributed by atoms with van der Waals surface area (Å²) in [5.41, 5.74) is 2.35. The van der Waals surface area contributed by atoms with Crippen molar-refractivity contribution in [1.29, 1.82) is 0 Å². The van der Waals surface area contributed by atoms with Gasteiger partial charge < -0.3 is 20.1 Å². The largest absolute Gasteiger partial charge is 0.497 e. The van der Waals surface area contributed by atoms with Crippen LogP contribution in [0.25, 0.3) is 0 Å². The number of methoxy groups -OCH3 is 2. The lowest BCUT2D eigenvalue weighted by molar-refractivity contribution is 0.405. The number of hydrogen-bond acceptors (Lipinski definition) is 8. The molecule has 0 aliphatic heterocycles. The van der Waals surface area contributed by atoms with Crippen LogP contribution in [0.5, 0.6) is 11.5 Å². The van der Waals surface area contributed by atoms with Gasteiger partial charge in [0.2, 0.25) is 16.0 Å². The molecule has 0 saturated carbocycles. The van der Waals surface area contributed by atoms with Crippen molar-refractivity contribution in [3.8, 4) is 11.5 Å². The van der Waals surface area contributed by atoms with Gasteiger partial charge in [0.25, 0.3) is 0 Å². The maximum Gasteiger partial charge on any atom is 0.229 e. The molecule has 31 heavy (non-hydrogen) atoms. The molecule has 0 spiro atoms. The van der Waals surface area contributed by atoms with Gasteiger partial charge in [0, 0.05) is 6.07 Å². The number of nitrogens with zero attached hydrogens (tertiary/aromatic N) is 2. The predicted molar refractivity (Wildman–Crippen MR) is 123 cm³/mol. The number of halogens is 1. The van der Waals surface area contributed by atoms with Crippen LogP contribution in [-0.2, 0) is 10.0 Å². The fourth-order valence-corrected chi connectivity index (χ4v) is 3.43. The lowest BCUT2D eigenvalue weighted by atomic mass is 10.2. The van der Waals surface area contributed by atoms with Crippen molar-refractivity contribution < 1.29 is 17.9 Å². The molecule has 9 nitrogen and oxygen atoms in total. The van der Waals surface area contributed by atoms with Crippen molar-refractivity contribution in [1.82, 2.24) is 9.97 Å². The maximum atomic E-state index is 11.7. The van der Waals surface area contributed by atoms with Crippen LogP contribution in [0.15, 0.2) is 42.6 Å². The van der Waals surface area contributed by atoms with Crippen LogP contribution in [0.1, 0.15) is 5.56 Å². The van der Waals surface area contributed by atoms with E-state index in [2.05, 4.69) is 25.3 Å². The Morgan fingerprint density at radius 1 is 0.968 bits per heavy atom. The summed E-state index contributed by atoms with van der Waals surface area (Å²) in [5.74, 6) is 1.75. The van der Waals surface area contributed by atoms with Crippen molar-refractivity contribution in [3.05, 3.63) is 53.2 Å². The second kappa shape index (κ2) is 9.27. The van der Waals surface area contributed by atoms with E-state index in [9.17, 15) is 8.42 Å². The Balaban J connectivity index is 1.93. The Morgan fingerprint density at radius 2 is 1.74 bits per heavy atom. The third-order valence-electron chi connectivity index (χ3n) is 4.12. The second-order valence-corrected chi connectivity index (χ2v) is 8.79. The van der Waals surface area contributed by atoms with Crippen molar-refractivity contribution in [2.45, 2.75) is 6.92 Å². The molecular weight excluding hydrogens is 442 g/mol. The van der Waals surface area contributed by atoms with E-state index in [0.717, 1.165) is 11.8 Å². The molecule has 1 aromatic heterocycles. The Kier molecular flexibility index (Phi) is 6.71. The van der Waals surface area contributed by atoms with Crippen molar-refractivity contribution in [2.24, 2.45) is 0 Å². The molecule has 164 valence electrons. The van der Waals surface area contributed by atoms with Crippen LogP contribution in [-0.4, -0.2) is 38.9 Å². The molecule has 0 radical (unpaired) electrons. The van der Waals surface area contributed by atoms with Gasteiger partial charge in [-0.15, -0.1) is 0 Å². The minimum Gasteiger partial charge on any atom is -0.497 e. The lowest BCUT2D eigenvalue weighted by Crippen LogP contribution is -2.11. The molecule has 0 aliphatic rings. The lowest BCUT2D eigenvalue weighted by Gasteiger charge is -2.15. The number of benzene rings is 2. The highest BCUT2D eigenvalue weighted by Crippen LogP contribution is 2.33. The molecule has 0 saturated heterocycles. The number of rotatable bonds is 8. The first-order valence-corrected chi connectivity index (χ1v) is 11.3. The van der Waals surface area contributed by atoms with Gasteiger partial charge in [0.05, 0.1) is 43.7 Å². The molecule has 0 unspecified atom stereocenters. The third-order valence-corrected chi connectivity index (χ3v) is 4.99. The van der Waals surface area contributed by atoms with Crippen LogP contribution >= 0.6 is 11.6 Å². The molecule has 0 bridgehead atoms. The average Bonchev–Trinajstić information content (AvgIpc) is 2.71. The monoisotopic (exact) mass is 463 g/mol. The molecule has 3 N–H and O–H groups in total. The summed E-state index contributed by atoms with van der Waals surface area (Å²) in [5, 5.41) is 6.40. The van der Waals surface area contributed by atoms with Gasteiger partial charge in [-0.3, -0.25) is 4.72 Å². The summed E-state index contributed by atoms with van der Waals surface area (Å²) in [6, 6.07) is 10.6. The number of ether oxygens (including phenoxy) is 2. The molecule has 0 aliphatic carbocycles. The number of anilines is 5. The number of sulfonamides is 1. The van der Waals surface area contributed by atoms with E-state index in [1.54, 1.807) is 44.6 Å². The summed E-state index contributed by atoms with van der Waals surface area (Å²) in [4.78, 5) is 8.62. The van der Waals surface area contributed by atoms with Crippen LogP contribution in [0, 0.1) is 6.92 Å². The fraction of sp³-hybridized carbons (Fsp3) is 0.200. The van der Waals surface area contributed by atoms with E-state index in [1.807, 2.05) is 13.0 Å². The van der Waals surface area contributed by atoms with E-state index in [1.165, 1.54) is 6.20 Å². The first kappa shape index (κ1) is 22.4. The molecule has 3 rings (SSSR count). The van der Waals surface area contributed by atoms with Gasteiger partial charge in [-0.25, -0.2) is 13.4 Å². The first-order valence-electron chi connectivity index (χ1n) is 9.05. The van der Waals surface area contributed by atoms with E-state index < -0.39 is 10.0 Å². The maximum absolute atomic E-state index is 11.7. The Labute approximate surface area is 185 Å². The summed E-state index contributed by atoms with van der Waals surface area (Å²) in [6.45, 7) is 1.86. The van der Waals surface area contributed by atoms with Crippen molar-refractivity contribution in [2.75, 3.05) is 35.8 Å². The first-order chi connectivity index (χ1) is 14.7. The van der Waals surface area contributed by atoms with E-state index in [-0.39, 0.29) is 11.0 Å². The van der Waals surface area contributed by atoms with Crippen LogP contribution < -0.4 is 24.8 Å². The van der Waals surface area contributed by atoms with Gasteiger partial charge in [0.1, 0.15) is 16.5 Å². The van der Waals surface area contributed by atoms with Gasteiger partial charge in [0.15, 0.2) is 5.82 Å². The van der Waals surface area contributed by atoms with Crippen LogP contribution in [0.2, 0.25) is 5.02 Å². The molecule has 0 amide bonds. The number of aromatic nitrogens is 2. The molecular formula is C20H22ClN5O4S. The summed E-state index contributed by atoms with van der Waals surface area (Å²) in [6.07, 6.45) is 2.52. The van der Waals surface area contributed by atoms with E-state index >= 15 is 0 Å². The molecule has 11 heteroatoms. The smallest absolute Gasteiger partial charge is 0.229 e. The van der Waals surface area contributed by atoms with Gasteiger partial charge in [-0.05, 0) is 36.8 Å². The van der Waals surface area contributed by atoms with Crippen molar-refractivity contribution in [3.63, 3.8) is 0 Å². The zero-order valence-electron chi connectivity index (χ0n) is 17.4. The van der Waals surface area contributed by atoms with E-state index in [4.69, 9.17) is 21.1 Å². The highest BCUT2D eigenvalue weighted by molar-refractivity contribution is 7.92. The Bertz CT molecular complexity index is 1200. The Morgan fingerprint density at radius 3 is 2.42 bits per heavy atom. The third kappa shape index (κ3) is 5.89. The second-order valence-electron chi connectivity index (χ2n) is 6.63. The molecule has 1 heterocycles. The summed E-state index contributed by atoms with van der Waals surface area (Å²) >= 11 is 6.27. The topological polar surface area (TPSA) is 114 Å². The zero-order chi connectivity index (χ0) is 22.6. The number of hydrogen-bond donors (Lipinski definition) is 3. The molecule has 2 aromatic carbocycles. The van der Waals surface area contributed by atoms with Gasteiger partial charge >= 0.3 is 0 Å². The standard InChI is InChI=1S/C20H22ClN5O4S/c1-12-5-7-15(16(9-12)26-31(4,27)28)23-19-14(21)11-22-20(25-19)24-17-10-13(29-2)6-8-18(17)30-3/h5-11,26H,1-4H3,(H2,22,23,24,25). The number of nitrogens with one attached hydrogen (secondary N) is 3. The Hall–Kier alpha value is -3.24. The van der Waals surface area contributed by atoms with Gasteiger partial charge in [-0.2, -0.15) is 4.98 Å². The molecule has 3 aromatic rings. The highest BCUT2D eigenvalue weighted by atomic mass is 35.5. The summed E-state index contributed by atoms with van der Waals surface area (Å²) in [7, 11) is -0.358. The van der Waals surface area contributed by atoms with Crippen molar-refractivity contribution >= 4 is 50.5 Å². The van der Waals surface area contributed by atoms with E-state index in [0.29, 0.717) is 34.4 Å². The SMILES string of the molecule is COc1ccc(OC)c(Nc2ncc(Cl)c(Nc3ccc(C)cc3NS(C)(=O)=O)n2)c1. The zero-order valence-corrected chi connectivity index (χ0v) is 18.9. The molecule has 0 atom stereocenters. The average molecular weight is 464 g/mol. The molecule has 0 fully saturated rings. The minimum atomic E-state index is -3.48. The fourth-order valence-electron chi connectivity index (χ4n) is 2.73. The normalized spacial score (nSPS) is 11.0. The van der Waals surface area contributed by atoms with Gasteiger partial charge in [-0.1, -0.05) is 17.7 Å². The number of aryl methyl sites for hydroxylation is 1. The summed E-state index contributed by atoms with van der Waals surface area (Å²) < 4.78 is 36.6. The van der Waals surface area contributed by atoms with Crippen LogP contribution in [0.4, 0.5) is 28.8 Å². The van der Waals surface area contributed by atoms with Crippen LogP contribution in [0.3, 0.4) is 0 Å². The minimum absolute atomic E-state index is 0.253.